The van der Waals surface area contributed by atoms with Crippen molar-refractivity contribution in [2.45, 2.75) is 51.6 Å². The number of nitrogens with two attached hydrogens (primary N) is 1. The molecule has 3 rings (SSSR count). The van der Waals surface area contributed by atoms with Gasteiger partial charge in [-0.1, -0.05) is 19.4 Å². The molecule has 1 aromatic carbocycles. The first kappa shape index (κ1) is 20.1. The molecule has 1 fully saturated rings. The molecule has 150 valence electrons. The zero-order valence-electron chi connectivity index (χ0n) is 16.4. The van der Waals surface area contributed by atoms with Crippen LogP contribution in [0.4, 0.5) is 0 Å². The molecule has 1 saturated carbocycles. The zero-order valence-corrected chi connectivity index (χ0v) is 16.4. The first-order valence-electron chi connectivity index (χ1n) is 10.0. The number of hydrogen-bond donors (Lipinski definition) is 2. The topological polar surface area (TPSA) is 86.5 Å². The fourth-order valence-electron chi connectivity index (χ4n) is 3.38. The first-order valence-corrected chi connectivity index (χ1v) is 10.0. The average molecular weight is 383 g/mol. The lowest BCUT2D eigenvalue weighted by molar-refractivity contribution is -0.126. The second kappa shape index (κ2) is 10.1. The van der Waals surface area contributed by atoms with E-state index in [0.29, 0.717) is 24.8 Å². The van der Waals surface area contributed by atoms with E-state index in [2.05, 4.69) is 17.2 Å². The van der Waals surface area contributed by atoms with Gasteiger partial charge >= 0.3 is 0 Å². The van der Waals surface area contributed by atoms with E-state index >= 15 is 0 Å². The Morgan fingerprint density at radius 1 is 1.21 bits per heavy atom. The number of aromatic nitrogens is 1. The minimum atomic E-state index is 0.000421. The zero-order chi connectivity index (χ0) is 19.8. The third-order valence-electron chi connectivity index (χ3n) is 4.90. The summed E-state index contributed by atoms with van der Waals surface area (Å²) in [6.07, 6.45) is 6.33. The number of carbonyl (C=O) groups is 1. The predicted molar refractivity (Wildman–Crippen MR) is 108 cm³/mol. The highest BCUT2D eigenvalue weighted by Crippen LogP contribution is 2.26. The van der Waals surface area contributed by atoms with Crippen LogP contribution in [-0.4, -0.2) is 23.5 Å². The smallest absolute Gasteiger partial charge is 0.224 e. The van der Waals surface area contributed by atoms with Gasteiger partial charge in [0.1, 0.15) is 11.5 Å². The van der Waals surface area contributed by atoms with Gasteiger partial charge in [-0.05, 0) is 56.0 Å². The van der Waals surface area contributed by atoms with Crippen LogP contribution in [0.1, 0.15) is 44.6 Å². The Labute approximate surface area is 166 Å². The third kappa shape index (κ3) is 5.70. The second-order valence-corrected chi connectivity index (χ2v) is 7.23. The maximum Gasteiger partial charge on any atom is 0.224 e. The molecule has 1 aromatic heterocycles. The Kier molecular flexibility index (Phi) is 7.25. The molecule has 0 bridgehead atoms. The summed E-state index contributed by atoms with van der Waals surface area (Å²) >= 11 is 0. The number of ether oxygens (including phenoxy) is 2. The lowest BCUT2D eigenvalue weighted by Gasteiger charge is -2.25. The van der Waals surface area contributed by atoms with E-state index in [9.17, 15) is 4.79 Å². The van der Waals surface area contributed by atoms with E-state index in [1.165, 1.54) is 0 Å². The van der Waals surface area contributed by atoms with Gasteiger partial charge in [-0.2, -0.15) is 0 Å². The summed E-state index contributed by atoms with van der Waals surface area (Å²) in [4.78, 5) is 16.8. The molecule has 2 unspecified atom stereocenters. The van der Waals surface area contributed by atoms with Gasteiger partial charge < -0.3 is 20.5 Å². The van der Waals surface area contributed by atoms with Crippen LogP contribution < -0.4 is 20.5 Å². The number of carbonyl (C=O) groups excluding carboxylic acids is 1. The molecule has 6 nitrogen and oxygen atoms in total. The molecule has 1 aliphatic carbocycles. The van der Waals surface area contributed by atoms with Gasteiger partial charge in [-0.15, -0.1) is 0 Å². The largest absolute Gasteiger partial charge is 0.494 e. The molecule has 0 spiro atoms. The Morgan fingerprint density at radius 3 is 2.75 bits per heavy atom. The van der Waals surface area contributed by atoms with Crippen LogP contribution in [0.2, 0.25) is 0 Å². The van der Waals surface area contributed by atoms with Crippen LogP contribution in [0.25, 0.3) is 0 Å². The van der Waals surface area contributed by atoms with Gasteiger partial charge in [0.15, 0.2) is 0 Å². The average Bonchev–Trinajstić information content (AvgIpc) is 2.72. The fraction of sp³-hybridized carbons (Fsp3) is 0.455. The molecule has 0 radical (unpaired) electrons. The highest BCUT2D eigenvalue weighted by atomic mass is 16.5. The second-order valence-electron chi connectivity index (χ2n) is 7.23. The molecule has 2 aromatic rings. The summed E-state index contributed by atoms with van der Waals surface area (Å²) < 4.78 is 11.5. The Hall–Kier alpha value is -2.60. The number of pyridine rings is 1. The van der Waals surface area contributed by atoms with Crippen LogP contribution in [-0.2, 0) is 11.3 Å². The van der Waals surface area contributed by atoms with Crippen LogP contribution in [0.3, 0.4) is 0 Å². The lowest BCUT2D eigenvalue weighted by atomic mass is 9.85. The Morgan fingerprint density at radius 2 is 2.00 bits per heavy atom. The molecule has 1 amide bonds. The molecule has 28 heavy (non-hydrogen) atoms. The number of amides is 1. The maximum atomic E-state index is 12.5. The highest BCUT2D eigenvalue weighted by Gasteiger charge is 2.25. The normalized spacial score (nSPS) is 19.1. The van der Waals surface area contributed by atoms with Crippen molar-refractivity contribution in [2.75, 3.05) is 6.61 Å². The third-order valence-corrected chi connectivity index (χ3v) is 4.90. The first-order chi connectivity index (χ1) is 13.7. The van der Waals surface area contributed by atoms with Crippen molar-refractivity contribution in [1.29, 1.82) is 0 Å². The molecule has 6 heteroatoms. The van der Waals surface area contributed by atoms with Gasteiger partial charge in [-0.3, -0.25) is 4.79 Å². The van der Waals surface area contributed by atoms with Gasteiger partial charge in [0, 0.05) is 30.3 Å². The van der Waals surface area contributed by atoms with Crippen molar-refractivity contribution in [2.24, 2.45) is 11.7 Å². The number of nitrogens with one attached hydrogen (secondary N) is 1. The van der Waals surface area contributed by atoms with Crippen LogP contribution in [0, 0.1) is 5.92 Å². The Bertz CT molecular complexity index is 764. The van der Waals surface area contributed by atoms with Gasteiger partial charge in [-0.25, -0.2) is 4.98 Å². The van der Waals surface area contributed by atoms with Crippen LogP contribution in [0.15, 0.2) is 42.6 Å². The summed E-state index contributed by atoms with van der Waals surface area (Å²) in [5, 5.41) is 3.01. The SMILES string of the molecule is CCCOc1ccc(Oc2ncccc2CNC(=O)C2CCCC(N)C2)cc1. The summed E-state index contributed by atoms with van der Waals surface area (Å²) in [6, 6.07) is 11.3. The van der Waals surface area contributed by atoms with E-state index < -0.39 is 0 Å². The number of benzene rings is 1. The molecule has 1 heterocycles. The van der Waals surface area contributed by atoms with Crippen molar-refractivity contribution in [1.82, 2.24) is 10.3 Å². The summed E-state index contributed by atoms with van der Waals surface area (Å²) in [6.45, 7) is 3.14. The van der Waals surface area contributed by atoms with E-state index in [-0.39, 0.29) is 17.9 Å². The van der Waals surface area contributed by atoms with Crippen molar-refractivity contribution in [3.63, 3.8) is 0 Å². The number of rotatable bonds is 8. The van der Waals surface area contributed by atoms with Gasteiger partial charge in [0.05, 0.1) is 6.61 Å². The molecule has 1 aliphatic rings. The summed E-state index contributed by atoms with van der Waals surface area (Å²) in [5.74, 6) is 2.04. The number of hydrogen-bond acceptors (Lipinski definition) is 5. The maximum absolute atomic E-state index is 12.5. The molecular weight excluding hydrogens is 354 g/mol. The molecule has 0 aliphatic heterocycles. The minimum absolute atomic E-state index is 0.000421. The van der Waals surface area contributed by atoms with Crippen LogP contribution >= 0.6 is 0 Å². The predicted octanol–water partition coefficient (Wildman–Crippen LogP) is 3.80. The summed E-state index contributed by atoms with van der Waals surface area (Å²) in [5.41, 5.74) is 6.83. The lowest BCUT2D eigenvalue weighted by Crippen LogP contribution is -2.37. The monoisotopic (exact) mass is 383 g/mol. The van der Waals surface area contributed by atoms with Gasteiger partial charge in [0.25, 0.3) is 0 Å². The van der Waals surface area contributed by atoms with E-state index in [0.717, 1.165) is 43.4 Å². The van der Waals surface area contributed by atoms with Gasteiger partial charge in [0.2, 0.25) is 11.8 Å². The van der Waals surface area contributed by atoms with E-state index in [4.69, 9.17) is 15.2 Å². The fourth-order valence-corrected chi connectivity index (χ4v) is 3.38. The quantitative estimate of drug-likeness (QED) is 0.724. The van der Waals surface area contributed by atoms with Crippen molar-refractivity contribution >= 4 is 5.91 Å². The minimum Gasteiger partial charge on any atom is -0.494 e. The molecule has 3 N–H and O–H groups in total. The van der Waals surface area contributed by atoms with Crippen molar-refractivity contribution < 1.29 is 14.3 Å². The Balaban J connectivity index is 1.59. The molecule has 0 saturated heterocycles. The van der Waals surface area contributed by atoms with E-state index in [1.807, 2.05) is 36.4 Å². The van der Waals surface area contributed by atoms with Crippen LogP contribution in [0.5, 0.6) is 17.4 Å². The summed E-state index contributed by atoms with van der Waals surface area (Å²) in [7, 11) is 0. The highest BCUT2D eigenvalue weighted by molar-refractivity contribution is 5.78. The van der Waals surface area contributed by atoms with Crippen molar-refractivity contribution in [3.8, 4) is 17.4 Å². The number of nitrogens with zero attached hydrogens (tertiary/aromatic N) is 1. The molecular formula is C22H29N3O3. The standard InChI is InChI=1S/C22H29N3O3/c1-2-13-27-19-8-10-20(11-9-19)28-22-17(6-4-12-24-22)15-25-21(26)16-5-3-7-18(23)14-16/h4,6,8-12,16,18H,2-3,5,7,13-15,23H2,1H3,(H,25,26). The van der Waals surface area contributed by atoms with E-state index in [1.54, 1.807) is 6.20 Å². The molecule has 2 atom stereocenters. The van der Waals surface area contributed by atoms with Crippen molar-refractivity contribution in [3.05, 3.63) is 48.2 Å².